The third-order valence-corrected chi connectivity index (χ3v) is 4.78. The van der Waals surface area contributed by atoms with Gasteiger partial charge >= 0.3 is 5.97 Å². The van der Waals surface area contributed by atoms with Gasteiger partial charge in [-0.15, -0.1) is 0 Å². The fourth-order valence-corrected chi connectivity index (χ4v) is 3.91. The van der Waals surface area contributed by atoms with Crippen LogP contribution in [0.2, 0.25) is 0 Å². The van der Waals surface area contributed by atoms with Crippen molar-refractivity contribution in [2.75, 3.05) is 6.54 Å². The van der Waals surface area contributed by atoms with E-state index < -0.39 is 5.97 Å². The van der Waals surface area contributed by atoms with E-state index in [2.05, 4.69) is 17.0 Å². The van der Waals surface area contributed by atoms with Crippen molar-refractivity contribution in [2.24, 2.45) is 0 Å². The van der Waals surface area contributed by atoms with E-state index in [1.54, 1.807) is 0 Å². The van der Waals surface area contributed by atoms with Crippen LogP contribution in [0.25, 0.3) is 10.9 Å². The molecule has 1 aromatic carbocycles. The van der Waals surface area contributed by atoms with Crippen molar-refractivity contribution in [1.82, 2.24) is 9.47 Å². The monoisotopic (exact) mass is 270 g/mol. The van der Waals surface area contributed by atoms with Crippen LogP contribution in [0.15, 0.2) is 24.3 Å². The summed E-state index contributed by atoms with van der Waals surface area (Å²) < 4.78 is 2.00. The highest BCUT2D eigenvalue weighted by Crippen LogP contribution is 2.36. The zero-order chi connectivity index (χ0) is 13.7. The number of benzene rings is 1. The van der Waals surface area contributed by atoms with Crippen LogP contribution in [0.3, 0.4) is 0 Å². The molecule has 20 heavy (non-hydrogen) atoms. The molecular formula is C16H18N2O2. The largest absolute Gasteiger partial charge is 0.480 e. The fraction of sp³-hybridized carbons (Fsp3) is 0.438. The van der Waals surface area contributed by atoms with Gasteiger partial charge in [0.1, 0.15) is 6.54 Å². The number of para-hydroxylation sites is 1. The first-order valence-electron chi connectivity index (χ1n) is 7.29. The number of carboxylic acids is 1. The minimum absolute atomic E-state index is 0.0638. The van der Waals surface area contributed by atoms with E-state index in [-0.39, 0.29) is 6.54 Å². The maximum Gasteiger partial charge on any atom is 0.323 e. The van der Waals surface area contributed by atoms with Crippen molar-refractivity contribution in [2.45, 2.75) is 38.4 Å². The summed E-state index contributed by atoms with van der Waals surface area (Å²) in [5, 5.41) is 10.4. The van der Waals surface area contributed by atoms with Crippen molar-refractivity contribution in [1.29, 1.82) is 0 Å². The second-order valence-electron chi connectivity index (χ2n) is 5.89. The van der Waals surface area contributed by atoms with Crippen molar-refractivity contribution < 1.29 is 9.90 Å². The molecule has 104 valence electrons. The molecular weight excluding hydrogens is 252 g/mol. The lowest BCUT2D eigenvalue weighted by Gasteiger charge is -2.30. The van der Waals surface area contributed by atoms with Crippen LogP contribution < -0.4 is 0 Å². The van der Waals surface area contributed by atoms with Gasteiger partial charge < -0.3 is 9.67 Å². The molecule has 0 spiro atoms. The topological polar surface area (TPSA) is 45.5 Å². The van der Waals surface area contributed by atoms with Crippen LogP contribution in [0.1, 0.15) is 24.1 Å². The van der Waals surface area contributed by atoms with Crippen LogP contribution in [-0.4, -0.2) is 33.1 Å². The Hall–Kier alpha value is -1.81. The highest BCUT2D eigenvalue weighted by atomic mass is 16.4. The van der Waals surface area contributed by atoms with Crippen LogP contribution in [0.5, 0.6) is 0 Å². The first-order valence-corrected chi connectivity index (χ1v) is 7.29. The number of aliphatic carboxylic acids is 1. The van der Waals surface area contributed by atoms with Gasteiger partial charge in [0.15, 0.2) is 0 Å². The molecule has 0 saturated carbocycles. The van der Waals surface area contributed by atoms with E-state index in [0.29, 0.717) is 6.04 Å². The van der Waals surface area contributed by atoms with Crippen molar-refractivity contribution in [3.8, 4) is 0 Å². The predicted octanol–water partition coefficient (Wildman–Crippen LogP) is 2.25. The summed E-state index contributed by atoms with van der Waals surface area (Å²) in [6, 6.07) is 8.88. The maximum atomic E-state index is 11.2. The molecule has 3 heterocycles. The Balaban J connectivity index is 1.91. The molecule has 2 aromatic rings. The van der Waals surface area contributed by atoms with Gasteiger partial charge in [-0.25, -0.2) is 0 Å². The van der Waals surface area contributed by atoms with Gasteiger partial charge in [-0.3, -0.25) is 9.69 Å². The zero-order valence-corrected chi connectivity index (χ0v) is 11.4. The Kier molecular flexibility index (Phi) is 2.60. The summed E-state index contributed by atoms with van der Waals surface area (Å²) in [6.07, 6.45) is 3.62. The van der Waals surface area contributed by atoms with Gasteiger partial charge in [-0.05, 0) is 37.4 Å². The van der Waals surface area contributed by atoms with Gasteiger partial charge in [0.05, 0.1) is 0 Å². The highest BCUT2D eigenvalue weighted by molar-refractivity contribution is 5.87. The molecule has 1 unspecified atom stereocenters. The molecule has 2 aliphatic heterocycles. The second-order valence-corrected chi connectivity index (χ2v) is 5.89. The van der Waals surface area contributed by atoms with Gasteiger partial charge in [-0.2, -0.15) is 0 Å². The Bertz CT molecular complexity index is 689. The summed E-state index contributed by atoms with van der Waals surface area (Å²) in [5.74, 6) is -0.767. The molecule has 1 aromatic heterocycles. The van der Waals surface area contributed by atoms with Gasteiger partial charge in [0.25, 0.3) is 0 Å². The lowest BCUT2D eigenvalue weighted by Crippen LogP contribution is -2.36. The molecule has 1 N–H and O–H groups in total. The maximum absolute atomic E-state index is 11.2. The van der Waals surface area contributed by atoms with E-state index >= 15 is 0 Å². The van der Waals surface area contributed by atoms with Crippen LogP contribution in [0, 0.1) is 0 Å². The second kappa shape index (κ2) is 4.35. The third kappa shape index (κ3) is 1.68. The minimum atomic E-state index is -0.767. The van der Waals surface area contributed by atoms with E-state index in [4.69, 9.17) is 0 Å². The van der Waals surface area contributed by atoms with Crippen molar-refractivity contribution >= 4 is 16.9 Å². The molecule has 1 saturated heterocycles. The Morgan fingerprint density at radius 2 is 2.20 bits per heavy atom. The number of rotatable bonds is 2. The molecule has 2 aliphatic rings. The minimum Gasteiger partial charge on any atom is -0.480 e. The number of hydrogen-bond donors (Lipinski definition) is 1. The van der Waals surface area contributed by atoms with Crippen LogP contribution in [0.4, 0.5) is 0 Å². The average Bonchev–Trinajstić information content (AvgIpc) is 3.00. The summed E-state index contributed by atoms with van der Waals surface area (Å²) in [4.78, 5) is 13.7. The highest BCUT2D eigenvalue weighted by Gasteiger charge is 2.33. The molecule has 4 rings (SSSR count). The van der Waals surface area contributed by atoms with E-state index in [0.717, 1.165) is 25.0 Å². The number of hydrogen-bond acceptors (Lipinski definition) is 2. The molecule has 4 heteroatoms. The Morgan fingerprint density at radius 1 is 1.35 bits per heavy atom. The number of fused-ring (bicyclic) bond motifs is 4. The van der Waals surface area contributed by atoms with Gasteiger partial charge in [0, 0.05) is 29.2 Å². The molecule has 0 aliphatic carbocycles. The number of carboxylic acid groups (broad SMARTS) is 1. The quantitative estimate of drug-likeness (QED) is 0.910. The molecule has 4 nitrogen and oxygen atoms in total. The van der Waals surface area contributed by atoms with Crippen LogP contribution in [-0.2, 0) is 24.3 Å². The summed E-state index contributed by atoms with van der Waals surface area (Å²) in [7, 11) is 0. The molecule has 0 amide bonds. The van der Waals surface area contributed by atoms with Gasteiger partial charge in [0.2, 0.25) is 0 Å². The van der Waals surface area contributed by atoms with E-state index in [1.807, 2.05) is 16.7 Å². The van der Waals surface area contributed by atoms with E-state index in [1.165, 1.54) is 29.5 Å². The van der Waals surface area contributed by atoms with Crippen LogP contribution >= 0.6 is 0 Å². The predicted molar refractivity (Wildman–Crippen MR) is 76.7 cm³/mol. The Labute approximate surface area is 117 Å². The van der Waals surface area contributed by atoms with Crippen molar-refractivity contribution in [3.05, 3.63) is 35.5 Å². The normalized spacial score (nSPS) is 21.9. The smallest absolute Gasteiger partial charge is 0.323 e. The number of carbonyl (C=O) groups is 1. The lowest BCUT2D eigenvalue weighted by molar-refractivity contribution is -0.137. The first kappa shape index (κ1) is 12.0. The summed E-state index contributed by atoms with van der Waals surface area (Å²) in [6.45, 7) is 2.12. The molecule has 0 radical (unpaired) electrons. The van der Waals surface area contributed by atoms with E-state index in [9.17, 15) is 9.90 Å². The molecule has 1 fully saturated rings. The lowest BCUT2D eigenvalue weighted by atomic mass is 9.97. The molecule has 1 atom stereocenters. The summed E-state index contributed by atoms with van der Waals surface area (Å²) >= 11 is 0. The zero-order valence-electron chi connectivity index (χ0n) is 11.4. The first-order chi connectivity index (χ1) is 9.74. The molecule has 0 bridgehead atoms. The number of aromatic nitrogens is 1. The van der Waals surface area contributed by atoms with Gasteiger partial charge in [-0.1, -0.05) is 18.2 Å². The van der Waals surface area contributed by atoms with Crippen molar-refractivity contribution in [3.63, 3.8) is 0 Å². The third-order valence-electron chi connectivity index (χ3n) is 4.78. The number of nitrogens with zero attached hydrogens (tertiary/aromatic N) is 2. The fourth-order valence-electron chi connectivity index (χ4n) is 3.91. The Morgan fingerprint density at radius 3 is 3.05 bits per heavy atom. The standard InChI is InChI=1S/C16H18N2O2/c19-16(20)10-18-14-6-2-1-5-12(14)13-8-11-4-3-7-17(11)9-15(13)18/h1-2,5-6,11H,3-4,7-10H2,(H,19,20). The average molecular weight is 270 g/mol. The summed E-state index contributed by atoms with van der Waals surface area (Å²) in [5.41, 5.74) is 3.66. The SMILES string of the molecule is O=C(O)Cn1c2c(c3ccccc31)CC1CCCN1C2.